The van der Waals surface area contributed by atoms with Gasteiger partial charge < -0.3 is 9.84 Å². The number of hydrogen-bond acceptors (Lipinski definition) is 5. The molecular formula is C26H32F2O5S. The number of thiol groups is 1. The summed E-state index contributed by atoms with van der Waals surface area (Å²) >= 11 is 4.16. The van der Waals surface area contributed by atoms with E-state index in [9.17, 15) is 19.5 Å². The first kappa shape index (κ1) is 24.2. The van der Waals surface area contributed by atoms with Crippen molar-refractivity contribution in [2.24, 2.45) is 40.4 Å². The zero-order valence-corrected chi connectivity index (χ0v) is 20.8. The predicted molar refractivity (Wildman–Crippen MR) is 123 cm³/mol. The van der Waals surface area contributed by atoms with Crippen molar-refractivity contribution in [1.82, 2.24) is 0 Å². The number of alkyl halides is 2. The van der Waals surface area contributed by atoms with Gasteiger partial charge in [0, 0.05) is 22.7 Å². The highest BCUT2D eigenvalue weighted by molar-refractivity contribution is 7.96. The fourth-order valence-corrected chi connectivity index (χ4v) is 8.65. The maximum absolute atomic E-state index is 17.2. The molecule has 0 amide bonds. The summed E-state index contributed by atoms with van der Waals surface area (Å²) in [4.78, 5) is 38.0. The Balaban J connectivity index is 1.61. The van der Waals surface area contributed by atoms with E-state index in [2.05, 4.69) is 12.6 Å². The van der Waals surface area contributed by atoms with Gasteiger partial charge in [0.15, 0.2) is 17.1 Å². The quantitative estimate of drug-likeness (QED) is 0.459. The van der Waals surface area contributed by atoms with Crippen LogP contribution in [0.2, 0.25) is 0 Å². The molecule has 5 nitrogen and oxygen atoms in total. The lowest BCUT2D eigenvalue weighted by molar-refractivity contribution is -0.229. The molecule has 0 radical (unpaired) electrons. The Morgan fingerprint density at radius 3 is 2.41 bits per heavy atom. The molecule has 0 aromatic heterocycles. The van der Waals surface area contributed by atoms with Crippen LogP contribution in [0.5, 0.6) is 0 Å². The maximum Gasteiger partial charge on any atom is 0.310 e. The van der Waals surface area contributed by atoms with Crippen LogP contribution in [0.25, 0.3) is 0 Å². The average Bonchev–Trinajstić information content (AvgIpc) is 3.44. The Morgan fingerprint density at radius 2 is 1.82 bits per heavy atom. The summed E-state index contributed by atoms with van der Waals surface area (Å²) in [6.07, 6.45) is 1.32. The third-order valence-electron chi connectivity index (χ3n) is 10.2. The molecule has 5 rings (SSSR count). The summed E-state index contributed by atoms with van der Waals surface area (Å²) in [6, 6.07) is 0. The van der Waals surface area contributed by atoms with E-state index in [1.165, 1.54) is 19.1 Å². The van der Waals surface area contributed by atoms with Crippen LogP contribution in [0.1, 0.15) is 53.4 Å². The number of ether oxygens (including phenoxy) is 1. The number of carbonyl (C=O) groups is 3. The molecule has 0 spiro atoms. The van der Waals surface area contributed by atoms with Crippen molar-refractivity contribution in [3.63, 3.8) is 0 Å². The Labute approximate surface area is 203 Å². The molecule has 4 fully saturated rings. The van der Waals surface area contributed by atoms with Crippen LogP contribution in [0.4, 0.5) is 8.78 Å². The number of aliphatic hydroxyl groups is 1. The summed E-state index contributed by atoms with van der Waals surface area (Å²) < 4.78 is 38.8. The second-order valence-corrected chi connectivity index (χ2v) is 12.2. The molecule has 0 bridgehead atoms. The molecule has 4 saturated carbocycles. The van der Waals surface area contributed by atoms with E-state index in [1.807, 2.05) is 6.92 Å². The van der Waals surface area contributed by atoms with Gasteiger partial charge in [-0.1, -0.05) is 26.8 Å². The van der Waals surface area contributed by atoms with Gasteiger partial charge >= 0.3 is 5.97 Å². The highest BCUT2D eigenvalue weighted by Crippen LogP contribution is 2.72. The number of ketones is 1. The van der Waals surface area contributed by atoms with Gasteiger partial charge in [-0.2, -0.15) is 0 Å². The lowest BCUT2D eigenvalue weighted by Crippen LogP contribution is -2.70. The van der Waals surface area contributed by atoms with E-state index in [0.717, 1.165) is 6.08 Å². The van der Waals surface area contributed by atoms with Crippen molar-refractivity contribution < 1.29 is 33.0 Å². The molecule has 0 aromatic carbocycles. The third kappa shape index (κ3) is 2.73. The molecular weight excluding hydrogens is 462 g/mol. The topological polar surface area (TPSA) is 80.7 Å². The zero-order chi connectivity index (χ0) is 25.0. The van der Waals surface area contributed by atoms with E-state index >= 15 is 8.78 Å². The number of halogens is 2. The number of fused-ring (bicyclic) bond motifs is 5. The Morgan fingerprint density at radius 1 is 1.18 bits per heavy atom. The molecule has 2 unspecified atom stereocenters. The van der Waals surface area contributed by atoms with Crippen molar-refractivity contribution >= 4 is 29.5 Å². The first-order chi connectivity index (χ1) is 15.7. The minimum Gasteiger partial charge on any atom is -0.449 e. The average molecular weight is 495 g/mol. The van der Waals surface area contributed by atoms with Crippen LogP contribution in [0.15, 0.2) is 23.8 Å². The van der Waals surface area contributed by atoms with Gasteiger partial charge in [0.05, 0.1) is 12.0 Å². The van der Waals surface area contributed by atoms with Crippen LogP contribution < -0.4 is 0 Å². The number of carbonyl (C=O) groups excluding carboxylic acids is 3. The third-order valence-corrected chi connectivity index (χ3v) is 10.5. The van der Waals surface area contributed by atoms with Crippen molar-refractivity contribution in [3.05, 3.63) is 23.8 Å². The fraction of sp³-hybridized carbons (Fsp3) is 0.731. The number of esters is 1. The highest BCUT2D eigenvalue weighted by Gasteiger charge is 2.78. The Kier molecular flexibility index (Phi) is 5.15. The molecule has 0 aliphatic heterocycles. The van der Waals surface area contributed by atoms with E-state index in [4.69, 9.17) is 4.74 Å². The van der Waals surface area contributed by atoms with Crippen LogP contribution in [0.3, 0.4) is 0 Å². The highest BCUT2D eigenvalue weighted by atomic mass is 32.1. The fourth-order valence-electron chi connectivity index (χ4n) is 8.13. The summed E-state index contributed by atoms with van der Waals surface area (Å²) in [5.41, 5.74) is -6.44. The molecule has 0 heterocycles. The first-order valence-electron chi connectivity index (χ1n) is 12.2. The number of allylic oxidation sites excluding steroid dienone is 4. The van der Waals surface area contributed by atoms with Crippen LogP contribution >= 0.6 is 12.6 Å². The van der Waals surface area contributed by atoms with Gasteiger partial charge in [-0.05, 0) is 62.2 Å². The van der Waals surface area contributed by atoms with Gasteiger partial charge in [0.2, 0.25) is 5.12 Å². The molecule has 5 aliphatic rings. The van der Waals surface area contributed by atoms with Crippen LogP contribution in [-0.4, -0.2) is 45.5 Å². The van der Waals surface area contributed by atoms with Gasteiger partial charge in [0.1, 0.15) is 6.17 Å². The lowest BCUT2D eigenvalue weighted by Gasteiger charge is -2.63. The number of hydrogen-bond donors (Lipinski definition) is 2. The predicted octanol–water partition coefficient (Wildman–Crippen LogP) is 3.95. The van der Waals surface area contributed by atoms with E-state index in [-0.39, 0.29) is 30.3 Å². The monoisotopic (exact) mass is 494 g/mol. The molecule has 0 saturated heterocycles. The largest absolute Gasteiger partial charge is 0.449 e. The molecule has 5 aliphatic carbocycles. The van der Waals surface area contributed by atoms with Gasteiger partial charge in [-0.15, -0.1) is 12.6 Å². The van der Waals surface area contributed by atoms with E-state index in [1.54, 1.807) is 13.8 Å². The minimum atomic E-state index is -2.24. The van der Waals surface area contributed by atoms with Crippen molar-refractivity contribution in [3.8, 4) is 0 Å². The number of aliphatic hydroxyl groups excluding tert-OH is 1. The smallest absolute Gasteiger partial charge is 0.310 e. The molecule has 0 aromatic rings. The maximum atomic E-state index is 17.2. The summed E-state index contributed by atoms with van der Waals surface area (Å²) in [5.74, 6) is -2.92. The van der Waals surface area contributed by atoms with Crippen molar-refractivity contribution in [1.29, 1.82) is 0 Å². The standard InChI is InChI=1S/C26H32F2O5S/c1-12-7-15(12)21(31)33-26(22(32)34)13(2)8-16-17-10-19(27)18-9-14(29)5-6-23(18,3)25(17,28)20(30)11-24(16,26)4/h5-6,9,12-13,15-17,19-20,30H,7-8,10-11H2,1-4H3,(H,32,34)/t12?,13-,15?,16+,17+,19+,20+,23+,24+,25+,26+/m1/s1. The van der Waals surface area contributed by atoms with Crippen LogP contribution in [0, 0.1) is 40.4 Å². The number of rotatable bonds is 3. The van der Waals surface area contributed by atoms with E-state index < -0.39 is 69.0 Å². The molecule has 34 heavy (non-hydrogen) atoms. The van der Waals surface area contributed by atoms with Crippen molar-refractivity contribution in [2.75, 3.05) is 0 Å². The van der Waals surface area contributed by atoms with Crippen LogP contribution in [-0.2, 0) is 19.1 Å². The zero-order valence-electron chi connectivity index (χ0n) is 19.9. The van der Waals surface area contributed by atoms with E-state index in [0.29, 0.717) is 12.8 Å². The molecule has 186 valence electrons. The summed E-state index contributed by atoms with van der Waals surface area (Å²) in [5, 5.41) is 10.8. The van der Waals surface area contributed by atoms with Gasteiger partial charge in [0.25, 0.3) is 0 Å². The Hall–Kier alpha value is -1.54. The normalized spacial score (nSPS) is 53.4. The molecule has 1 N–H and O–H groups in total. The van der Waals surface area contributed by atoms with Crippen molar-refractivity contribution in [2.45, 2.75) is 76.9 Å². The second-order valence-electron chi connectivity index (χ2n) is 11.8. The molecule has 8 heteroatoms. The first-order valence-corrected chi connectivity index (χ1v) is 12.6. The SMILES string of the molecule is CC1CC1C(=O)O[C@]1(C(=O)S)[C@H](C)C[C@H]2[C@@H]3C[C@H](F)C4=CC(=O)C=C[C@]4(C)[C@@]3(F)[C@@H](O)C[C@@]21C. The lowest BCUT2D eigenvalue weighted by atomic mass is 9.44. The van der Waals surface area contributed by atoms with Gasteiger partial charge in [-0.25, -0.2) is 8.78 Å². The molecule has 11 atom stereocenters. The summed E-state index contributed by atoms with van der Waals surface area (Å²) in [6.45, 7) is 7.01. The Bertz CT molecular complexity index is 1040. The second kappa shape index (κ2) is 7.25. The minimum absolute atomic E-state index is 0.0538. The van der Waals surface area contributed by atoms with Gasteiger partial charge in [-0.3, -0.25) is 14.4 Å². The summed E-state index contributed by atoms with van der Waals surface area (Å²) in [7, 11) is 0.